The number of pyridine rings is 1. The number of carbonyl (C=O) groups excluding carboxylic acids is 1. The van der Waals surface area contributed by atoms with E-state index in [0.29, 0.717) is 5.82 Å². The summed E-state index contributed by atoms with van der Waals surface area (Å²) < 4.78 is 1.73. The highest BCUT2D eigenvalue weighted by Gasteiger charge is 2.24. The Bertz CT molecular complexity index is 550. The fourth-order valence-electron chi connectivity index (χ4n) is 2.13. The van der Waals surface area contributed by atoms with Crippen molar-refractivity contribution in [1.29, 1.82) is 0 Å². The van der Waals surface area contributed by atoms with E-state index in [9.17, 15) is 4.79 Å². The van der Waals surface area contributed by atoms with E-state index in [1.54, 1.807) is 35.1 Å². The van der Waals surface area contributed by atoms with Gasteiger partial charge in [-0.15, -0.1) is 0 Å². The quantitative estimate of drug-likeness (QED) is 0.843. The Morgan fingerprint density at radius 3 is 2.68 bits per heavy atom. The lowest BCUT2D eigenvalue weighted by Gasteiger charge is -2.26. The molecule has 0 fully saturated rings. The molecule has 0 aliphatic carbocycles. The Morgan fingerprint density at radius 1 is 1.37 bits per heavy atom. The summed E-state index contributed by atoms with van der Waals surface area (Å²) in [6, 6.07) is 5.71. The number of hydrogen-bond donors (Lipinski definition) is 0. The third-order valence-corrected chi connectivity index (χ3v) is 3.22. The predicted molar refractivity (Wildman–Crippen MR) is 72.6 cm³/mol. The number of nitrogens with zero attached hydrogens (tertiary/aromatic N) is 4. The summed E-state index contributed by atoms with van der Waals surface area (Å²) in [7, 11) is 3.61. The van der Waals surface area contributed by atoms with Crippen molar-refractivity contribution in [1.82, 2.24) is 19.4 Å². The smallest absolute Gasteiger partial charge is 0.290 e. The van der Waals surface area contributed by atoms with Crippen molar-refractivity contribution in [3.05, 3.63) is 48.3 Å². The van der Waals surface area contributed by atoms with E-state index < -0.39 is 0 Å². The number of hydrogen-bond acceptors (Lipinski definition) is 3. The molecule has 0 saturated heterocycles. The van der Waals surface area contributed by atoms with Crippen LogP contribution in [0.5, 0.6) is 0 Å². The molecule has 0 spiro atoms. The molecule has 0 N–H and O–H groups in total. The van der Waals surface area contributed by atoms with Crippen molar-refractivity contribution < 1.29 is 4.79 Å². The topological polar surface area (TPSA) is 51.0 Å². The van der Waals surface area contributed by atoms with Crippen molar-refractivity contribution in [3.8, 4) is 0 Å². The van der Waals surface area contributed by atoms with Gasteiger partial charge in [-0.25, -0.2) is 4.98 Å². The second-order valence-electron chi connectivity index (χ2n) is 4.46. The number of rotatable bonds is 4. The van der Waals surface area contributed by atoms with E-state index in [0.717, 1.165) is 12.1 Å². The van der Waals surface area contributed by atoms with Gasteiger partial charge in [0.1, 0.15) is 0 Å². The molecule has 1 amide bonds. The van der Waals surface area contributed by atoms with Gasteiger partial charge in [0.05, 0.1) is 11.7 Å². The van der Waals surface area contributed by atoms with Gasteiger partial charge >= 0.3 is 0 Å². The molecule has 19 heavy (non-hydrogen) atoms. The second-order valence-corrected chi connectivity index (χ2v) is 4.46. The normalized spacial score (nSPS) is 12.2. The summed E-state index contributed by atoms with van der Waals surface area (Å²) in [5, 5.41) is 0. The van der Waals surface area contributed by atoms with Crippen LogP contribution in [-0.2, 0) is 7.05 Å². The largest absolute Gasteiger partial charge is 0.330 e. The lowest BCUT2D eigenvalue weighted by molar-refractivity contribution is 0.0706. The van der Waals surface area contributed by atoms with Gasteiger partial charge in [0.15, 0.2) is 5.82 Å². The number of aryl methyl sites for hydroxylation is 1. The minimum atomic E-state index is -0.0926. The Balaban J connectivity index is 2.25. The van der Waals surface area contributed by atoms with Gasteiger partial charge in [-0.1, -0.05) is 13.0 Å². The van der Waals surface area contributed by atoms with Crippen LogP contribution in [0.1, 0.15) is 35.7 Å². The predicted octanol–water partition coefficient (Wildman–Crippen LogP) is 2.04. The van der Waals surface area contributed by atoms with Crippen LogP contribution in [0.15, 0.2) is 36.8 Å². The Kier molecular flexibility index (Phi) is 3.94. The van der Waals surface area contributed by atoms with Crippen molar-refractivity contribution in [2.45, 2.75) is 19.4 Å². The summed E-state index contributed by atoms with van der Waals surface area (Å²) in [6.07, 6.45) is 5.95. The summed E-state index contributed by atoms with van der Waals surface area (Å²) >= 11 is 0. The number of imidazole rings is 1. The van der Waals surface area contributed by atoms with Crippen LogP contribution in [0.3, 0.4) is 0 Å². The molecule has 5 nitrogen and oxygen atoms in total. The Hall–Kier alpha value is -2.17. The molecule has 2 heterocycles. The van der Waals surface area contributed by atoms with Crippen molar-refractivity contribution in [2.75, 3.05) is 7.05 Å². The zero-order valence-electron chi connectivity index (χ0n) is 11.4. The first-order valence-corrected chi connectivity index (χ1v) is 6.30. The van der Waals surface area contributed by atoms with E-state index >= 15 is 0 Å². The zero-order valence-corrected chi connectivity index (χ0v) is 11.4. The molecular formula is C14H18N4O. The first-order chi connectivity index (χ1) is 9.15. The average Bonchev–Trinajstić information content (AvgIpc) is 2.86. The highest BCUT2D eigenvalue weighted by molar-refractivity contribution is 5.90. The fourth-order valence-corrected chi connectivity index (χ4v) is 2.13. The molecule has 2 aromatic rings. The van der Waals surface area contributed by atoms with E-state index in [2.05, 4.69) is 9.97 Å². The molecule has 2 aromatic heterocycles. The maximum atomic E-state index is 12.4. The minimum absolute atomic E-state index is 0.0367. The molecule has 0 radical (unpaired) electrons. The van der Waals surface area contributed by atoms with Gasteiger partial charge in [-0.05, 0) is 18.6 Å². The summed E-state index contributed by atoms with van der Waals surface area (Å²) in [6.45, 7) is 2.04. The van der Waals surface area contributed by atoms with E-state index in [1.165, 1.54) is 0 Å². The average molecular weight is 258 g/mol. The molecule has 0 aliphatic rings. The third kappa shape index (κ3) is 2.65. The molecule has 0 unspecified atom stereocenters. The summed E-state index contributed by atoms with van der Waals surface area (Å²) in [4.78, 5) is 22.5. The van der Waals surface area contributed by atoms with Crippen LogP contribution in [0, 0.1) is 0 Å². The van der Waals surface area contributed by atoms with Crippen molar-refractivity contribution in [2.24, 2.45) is 7.05 Å². The lowest BCUT2D eigenvalue weighted by atomic mass is 10.1. The third-order valence-electron chi connectivity index (χ3n) is 3.22. The first kappa shape index (κ1) is 13.3. The highest BCUT2D eigenvalue weighted by Crippen LogP contribution is 2.22. The van der Waals surface area contributed by atoms with Gasteiger partial charge in [-0.3, -0.25) is 9.78 Å². The van der Waals surface area contributed by atoms with Gasteiger partial charge in [-0.2, -0.15) is 0 Å². The minimum Gasteiger partial charge on any atom is -0.330 e. The van der Waals surface area contributed by atoms with Gasteiger partial charge in [0.25, 0.3) is 5.91 Å². The molecule has 0 bridgehead atoms. The van der Waals surface area contributed by atoms with Crippen LogP contribution in [0.2, 0.25) is 0 Å². The molecule has 2 rings (SSSR count). The first-order valence-electron chi connectivity index (χ1n) is 6.30. The maximum absolute atomic E-state index is 12.4. The molecule has 0 aliphatic heterocycles. The number of carbonyl (C=O) groups is 1. The molecule has 0 aromatic carbocycles. The van der Waals surface area contributed by atoms with Gasteiger partial charge < -0.3 is 9.47 Å². The standard InChI is InChI=1S/C14H18N4O/c1-4-12(11-7-5-6-8-15-11)18(3)14(19)13-16-9-10-17(13)2/h5-10,12H,4H2,1-3H3/t12-/m0/s1. The maximum Gasteiger partial charge on any atom is 0.290 e. The lowest BCUT2D eigenvalue weighted by Crippen LogP contribution is -2.33. The van der Waals surface area contributed by atoms with Crippen LogP contribution in [-0.4, -0.2) is 32.4 Å². The Labute approximate surface area is 112 Å². The zero-order chi connectivity index (χ0) is 13.8. The van der Waals surface area contributed by atoms with E-state index in [1.807, 2.05) is 32.2 Å². The SMILES string of the molecule is CC[C@@H](c1ccccn1)N(C)C(=O)c1nccn1C. The number of amides is 1. The van der Waals surface area contributed by atoms with Crippen LogP contribution in [0.25, 0.3) is 0 Å². The fraction of sp³-hybridized carbons (Fsp3) is 0.357. The van der Waals surface area contributed by atoms with Crippen LogP contribution >= 0.6 is 0 Å². The second kappa shape index (κ2) is 5.65. The molecular weight excluding hydrogens is 240 g/mol. The molecule has 0 saturated carbocycles. The summed E-state index contributed by atoms with van der Waals surface area (Å²) in [5.74, 6) is 0.349. The van der Waals surface area contributed by atoms with Crippen LogP contribution < -0.4 is 0 Å². The monoisotopic (exact) mass is 258 g/mol. The van der Waals surface area contributed by atoms with E-state index in [-0.39, 0.29) is 11.9 Å². The molecule has 5 heteroatoms. The van der Waals surface area contributed by atoms with Crippen LogP contribution in [0.4, 0.5) is 0 Å². The van der Waals surface area contributed by atoms with Crippen molar-refractivity contribution >= 4 is 5.91 Å². The molecule has 100 valence electrons. The number of aromatic nitrogens is 3. The van der Waals surface area contributed by atoms with Gasteiger partial charge in [0, 0.05) is 32.7 Å². The van der Waals surface area contributed by atoms with Gasteiger partial charge in [0.2, 0.25) is 0 Å². The molecule has 1 atom stereocenters. The van der Waals surface area contributed by atoms with Crippen molar-refractivity contribution in [3.63, 3.8) is 0 Å². The summed E-state index contributed by atoms with van der Waals surface area (Å²) in [5.41, 5.74) is 0.898. The highest BCUT2D eigenvalue weighted by atomic mass is 16.2. The van der Waals surface area contributed by atoms with E-state index in [4.69, 9.17) is 0 Å². The Morgan fingerprint density at radius 2 is 2.16 bits per heavy atom.